The van der Waals surface area contributed by atoms with Crippen LogP contribution in [0.1, 0.15) is 42.6 Å². The number of hydrogen-bond donors (Lipinski definition) is 0. The molecule has 1 fully saturated rings. The molecule has 110 valence electrons. The molecule has 0 aromatic heterocycles. The topological polar surface area (TPSA) is 38.8 Å². The number of carbonyl (C=O) groups is 1. The van der Waals surface area contributed by atoms with Gasteiger partial charge in [0.15, 0.2) is 0 Å². The van der Waals surface area contributed by atoms with E-state index in [2.05, 4.69) is 0 Å². The predicted molar refractivity (Wildman–Crippen MR) is 78.1 cm³/mol. The fourth-order valence-corrected chi connectivity index (χ4v) is 2.44. The Balaban J connectivity index is 2.18. The molecule has 1 aliphatic heterocycles. The Bertz CT molecular complexity index is 453. The summed E-state index contributed by atoms with van der Waals surface area (Å²) in [6, 6.07) is 5.63. The van der Waals surface area contributed by atoms with Crippen molar-refractivity contribution in [2.24, 2.45) is 0 Å². The van der Waals surface area contributed by atoms with E-state index in [1.165, 1.54) is 0 Å². The van der Waals surface area contributed by atoms with E-state index in [4.69, 9.17) is 9.47 Å². The van der Waals surface area contributed by atoms with Crippen molar-refractivity contribution in [3.05, 3.63) is 29.3 Å². The number of nitrogens with zero attached hydrogens (tertiary/aromatic N) is 1. The molecule has 0 unspecified atom stereocenters. The van der Waals surface area contributed by atoms with Crippen LogP contribution in [0.3, 0.4) is 0 Å². The predicted octanol–water partition coefficient (Wildman–Crippen LogP) is 2.86. The zero-order valence-corrected chi connectivity index (χ0v) is 12.4. The van der Waals surface area contributed by atoms with Crippen LogP contribution >= 0.6 is 0 Å². The van der Waals surface area contributed by atoms with Crippen molar-refractivity contribution in [2.45, 2.75) is 33.3 Å². The third-order valence-electron chi connectivity index (χ3n) is 3.46. The largest absolute Gasteiger partial charge is 0.494 e. The lowest BCUT2D eigenvalue weighted by Crippen LogP contribution is -2.27. The van der Waals surface area contributed by atoms with E-state index in [1.54, 1.807) is 0 Å². The Morgan fingerprint density at radius 3 is 2.60 bits per heavy atom. The Morgan fingerprint density at radius 2 is 1.95 bits per heavy atom. The van der Waals surface area contributed by atoms with Crippen molar-refractivity contribution in [1.29, 1.82) is 0 Å². The molecule has 1 aromatic rings. The first-order valence-electron chi connectivity index (χ1n) is 7.39. The van der Waals surface area contributed by atoms with Crippen LogP contribution in [0, 0.1) is 0 Å². The number of amides is 1. The lowest BCUT2D eigenvalue weighted by Gasteiger charge is -2.17. The van der Waals surface area contributed by atoms with Gasteiger partial charge in [-0.2, -0.15) is 0 Å². The van der Waals surface area contributed by atoms with Crippen LogP contribution in [0.4, 0.5) is 0 Å². The highest BCUT2D eigenvalue weighted by Crippen LogP contribution is 2.23. The quantitative estimate of drug-likeness (QED) is 0.802. The van der Waals surface area contributed by atoms with Crippen LogP contribution in [0.15, 0.2) is 18.2 Å². The van der Waals surface area contributed by atoms with Crippen molar-refractivity contribution in [3.63, 3.8) is 0 Å². The Kier molecular flexibility index (Phi) is 5.41. The van der Waals surface area contributed by atoms with E-state index < -0.39 is 0 Å². The van der Waals surface area contributed by atoms with Crippen LogP contribution in [0.2, 0.25) is 0 Å². The molecule has 1 heterocycles. The van der Waals surface area contributed by atoms with Crippen LogP contribution in [-0.4, -0.2) is 37.1 Å². The zero-order chi connectivity index (χ0) is 14.4. The molecule has 1 saturated heterocycles. The minimum Gasteiger partial charge on any atom is -0.494 e. The first-order chi connectivity index (χ1) is 9.76. The van der Waals surface area contributed by atoms with Gasteiger partial charge in [0.05, 0.1) is 13.2 Å². The Hall–Kier alpha value is -1.55. The molecule has 1 aromatic carbocycles. The van der Waals surface area contributed by atoms with Crippen LogP contribution < -0.4 is 4.74 Å². The monoisotopic (exact) mass is 277 g/mol. The molecule has 20 heavy (non-hydrogen) atoms. The number of carbonyl (C=O) groups excluding carboxylic acids is 1. The smallest absolute Gasteiger partial charge is 0.253 e. The van der Waals surface area contributed by atoms with E-state index in [-0.39, 0.29) is 5.91 Å². The van der Waals surface area contributed by atoms with Gasteiger partial charge in [-0.3, -0.25) is 4.79 Å². The molecule has 0 aliphatic carbocycles. The van der Waals surface area contributed by atoms with Crippen LogP contribution in [0.25, 0.3) is 0 Å². The number of benzene rings is 1. The molecule has 1 amide bonds. The third kappa shape index (κ3) is 3.51. The average Bonchev–Trinajstić information content (AvgIpc) is 3.00. The van der Waals surface area contributed by atoms with Gasteiger partial charge in [-0.1, -0.05) is 0 Å². The second-order valence-corrected chi connectivity index (χ2v) is 4.89. The van der Waals surface area contributed by atoms with Gasteiger partial charge >= 0.3 is 0 Å². The molecular formula is C16H23NO3. The summed E-state index contributed by atoms with van der Waals surface area (Å²) in [6.07, 6.45) is 2.21. The van der Waals surface area contributed by atoms with Gasteiger partial charge in [-0.15, -0.1) is 0 Å². The fourth-order valence-electron chi connectivity index (χ4n) is 2.44. The van der Waals surface area contributed by atoms with Gasteiger partial charge in [-0.25, -0.2) is 0 Å². The van der Waals surface area contributed by atoms with Gasteiger partial charge in [0, 0.05) is 30.8 Å². The molecule has 0 atom stereocenters. The van der Waals surface area contributed by atoms with E-state index in [0.717, 1.165) is 42.8 Å². The lowest BCUT2D eigenvalue weighted by atomic mass is 10.1. The lowest BCUT2D eigenvalue weighted by molar-refractivity contribution is 0.0792. The normalized spacial score (nSPS) is 14.6. The number of ether oxygens (including phenoxy) is 2. The summed E-state index contributed by atoms with van der Waals surface area (Å²) in [5.41, 5.74) is 1.67. The SMILES string of the molecule is CCOCc1cc(C(=O)N2CCCC2)ccc1OCC. The molecule has 4 heteroatoms. The maximum Gasteiger partial charge on any atom is 0.253 e. The van der Waals surface area contributed by atoms with Crippen molar-refractivity contribution in [1.82, 2.24) is 4.90 Å². The molecule has 0 N–H and O–H groups in total. The molecular weight excluding hydrogens is 254 g/mol. The highest BCUT2D eigenvalue weighted by atomic mass is 16.5. The minimum atomic E-state index is 0.114. The van der Waals surface area contributed by atoms with E-state index in [1.807, 2.05) is 36.9 Å². The second kappa shape index (κ2) is 7.29. The molecule has 0 saturated carbocycles. The molecule has 0 bridgehead atoms. The highest BCUT2D eigenvalue weighted by Gasteiger charge is 2.20. The van der Waals surface area contributed by atoms with Gasteiger partial charge in [0.25, 0.3) is 5.91 Å². The summed E-state index contributed by atoms with van der Waals surface area (Å²) in [4.78, 5) is 14.3. The van der Waals surface area contributed by atoms with Gasteiger partial charge in [0.2, 0.25) is 0 Å². The molecule has 2 rings (SSSR count). The summed E-state index contributed by atoms with van der Waals surface area (Å²) < 4.78 is 11.1. The average molecular weight is 277 g/mol. The number of likely N-dealkylation sites (tertiary alicyclic amines) is 1. The first kappa shape index (κ1) is 14.9. The van der Waals surface area contributed by atoms with Crippen molar-refractivity contribution in [3.8, 4) is 5.75 Å². The summed E-state index contributed by atoms with van der Waals surface area (Å²) >= 11 is 0. The maximum atomic E-state index is 12.4. The van der Waals surface area contributed by atoms with Gasteiger partial charge in [-0.05, 0) is 44.9 Å². The highest BCUT2D eigenvalue weighted by molar-refractivity contribution is 5.94. The standard InChI is InChI=1S/C16H23NO3/c1-3-19-12-14-11-13(7-8-15(14)20-4-2)16(18)17-9-5-6-10-17/h7-8,11H,3-6,9-10,12H2,1-2H3. The zero-order valence-electron chi connectivity index (χ0n) is 12.4. The summed E-state index contributed by atoms with van der Waals surface area (Å²) in [7, 11) is 0. The number of rotatable bonds is 6. The van der Waals surface area contributed by atoms with Crippen LogP contribution in [-0.2, 0) is 11.3 Å². The van der Waals surface area contributed by atoms with Crippen LogP contribution in [0.5, 0.6) is 5.75 Å². The molecule has 0 spiro atoms. The summed E-state index contributed by atoms with van der Waals surface area (Å²) in [6.45, 7) is 7.38. The van der Waals surface area contributed by atoms with E-state index >= 15 is 0 Å². The molecule has 1 aliphatic rings. The Morgan fingerprint density at radius 1 is 1.20 bits per heavy atom. The van der Waals surface area contributed by atoms with Gasteiger partial charge < -0.3 is 14.4 Å². The third-order valence-corrected chi connectivity index (χ3v) is 3.46. The number of hydrogen-bond acceptors (Lipinski definition) is 3. The van der Waals surface area contributed by atoms with E-state index in [9.17, 15) is 4.79 Å². The van der Waals surface area contributed by atoms with Crippen molar-refractivity contribution < 1.29 is 14.3 Å². The summed E-state index contributed by atoms with van der Waals surface area (Å²) in [5.74, 6) is 0.919. The van der Waals surface area contributed by atoms with Crippen molar-refractivity contribution >= 4 is 5.91 Å². The minimum absolute atomic E-state index is 0.114. The van der Waals surface area contributed by atoms with E-state index in [0.29, 0.717) is 19.8 Å². The Labute approximate surface area is 120 Å². The maximum absolute atomic E-state index is 12.4. The molecule has 0 radical (unpaired) electrons. The fraction of sp³-hybridized carbons (Fsp3) is 0.562. The summed E-state index contributed by atoms with van der Waals surface area (Å²) in [5, 5.41) is 0. The second-order valence-electron chi connectivity index (χ2n) is 4.89. The van der Waals surface area contributed by atoms with Gasteiger partial charge in [0.1, 0.15) is 5.75 Å². The molecule has 4 nitrogen and oxygen atoms in total. The first-order valence-corrected chi connectivity index (χ1v) is 7.39. The van der Waals surface area contributed by atoms with Crippen molar-refractivity contribution in [2.75, 3.05) is 26.3 Å².